The minimum Gasteiger partial charge on any atom is -0.494 e. The molecule has 2 heterocycles. The Kier molecular flexibility index (Phi) is 9.39. The minimum absolute atomic E-state index is 0. The number of allylic oxidation sites excluding steroid dienone is 1. The number of nitrogens with one attached hydrogen (secondary N) is 1. The molecule has 0 spiro atoms. The number of rotatable bonds is 11. The maximum atomic E-state index is 12.0. The van der Waals surface area contributed by atoms with Gasteiger partial charge in [0.05, 0.1) is 25.4 Å². The predicted molar refractivity (Wildman–Crippen MR) is 146 cm³/mol. The summed E-state index contributed by atoms with van der Waals surface area (Å²) < 4.78 is 11.5. The van der Waals surface area contributed by atoms with Gasteiger partial charge in [0.15, 0.2) is 5.78 Å². The standard InChI is InChI=1S/C27H29N5O5.CH4/c1-3-20(34)13-17-7-4-5-9-23(17)37-26-21(25(28)35)15-29-27(31-26)30-22-11-10-18(14-24(22)36-2)32-12-6-8-19(32)16-33;/h3-5,7,9-11,14-15,19,33H,1,6,8,12-13,16H2,2H3,(H2,28,35)(H,29,30,31);1H4/t19-;/m1./s1. The molecule has 1 saturated heterocycles. The van der Waals surface area contributed by atoms with E-state index in [1.807, 2.05) is 18.2 Å². The van der Waals surface area contributed by atoms with Crippen molar-refractivity contribution in [1.82, 2.24) is 9.97 Å². The number of hydrogen-bond acceptors (Lipinski definition) is 9. The van der Waals surface area contributed by atoms with Crippen molar-refractivity contribution in [2.24, 2.45) is 5.73 Å². The lowest BCUT2D eigenvalue weighted by atomic mass is 10.1. The monoisotopic (exact) mass is 519 g/mol. The number of para-hydroxylation sites is 1. The van der Waals surface area contributed by atoms with Crippen LogP contribution in [0.1, 0.15) is 36.2 Å². The van der Waals surface area contributed by atoms with Crippen molar-refractivity contribution in [3.63, 3.8) is 0 Å². The molecule has 38 heavy (non-hydrogen) atoms. The fourth-order valence-electron chi connectivity index (χ4n) is 4.23. The molecule has 1 atom stereocenters. The first-order valence-electron chi connectivity index (χ1n) is 11.8. The average molecular weight is 520 g/mol. The van der Waals surface area contributed by atoms with E-state index < -0.39 is 5.91 Å². The number of aromatic nitrogens is 2. The van der Waals surface area contributed by atoms with Gasteiger partial charge in [0.2, 0.25) is 11.8 Å². The number of amides is 1. The Labute approximate surface area is 222 Å². The summed E-state index contributed by atoms with van der Waals surface area (Å²) in [6.07, 6.45) is 4.55. The van der Waals surface area contributed by atoms with E-state index in [9.17, 15) is 14.7 Å². The van der Waals surface area contributed by atoms with Gasteiger partial charge < -0.3 is 30.5 Å². The van der Waals surface area contributed by atoms with Crippen LogP contribution in [0.2, 0.25) is 0 Å². The van der Waals surface area contributed by atoms with E-state index >= 15 is 0 Å². The summed E-state index contributed by atoms with van der Waals surface area (Å²) in [5.74, 6) is 0.0792. The first kappa shape index (κ1) is 28.1. The van der Waals surface area contributed by atoms with Crippen LogP contribution >= 0.6 is 0 Å². The van der Waals surface area contributed by atoms with Crippen LogP contribution in [-0.2, 0) is 11.2 Å². The highest BCUT2D eigenvalue weighted by molar-refractivity contribution is 5.95. The highest BCUT2D eigenvalue weighted by atomic mass is 16.5. The number of anilines is 3. The van der Waals surface area contributed by atoms with Gasteiger partial charge in [-0.2, -0.15) is 4.98 Å². The van der Waals surface area contributed by atoms with Crippen LogP contribution in [0.3, 0.4) is 0 Å². The third kappa shape index (κ3) is 6.27. The van der Waals surface area contributed by atoms with Gasteiger partial charge in [0.1, 0.15) is 17.1 Å². The number of methoxy groups -OCH3 is 1. The zero-order valence-electron chi connectivity index (χ0n) is 20.5. The Balaban J connectivity index is 0.00000400. The lowest BCUT2D eigenvalue weighted by Gasteiger charge is -2.26. The maximum absolute atomic E-state index is 12.0. The summed E-state index contributed by atoms with van der Waals surface area (Å²) in [4.78, 5) is 34.7. The second-order valence-corrected chi connectivity index (χ2v) is 8.52. The Bertz CT molecular complexity index is 1310. The molecule has 1 aliphatic heterocycles. The number of aliphatic hydroxyl groups excluding tert-OH is 1. The van der Waals surface area contributed by atoms with Gasteiger partial charge in [-0.15, -0.1) is 0 Å². The SMILES string of the molecule is C.C=CC(=O)Cc1ccccc1Oc1nc(Nc2ccc(N3CCC[C@@H]3CO)cc2OC)ncc1C(N)=O. The fraction of sp³-hybridized carbons (Fsp3) is 0.286. The van der Waals surface area contributed by atoms with Gasteiger partial charge >= 0.3 is 0 Å². The molecule has 3 aromatic rings. The van der Waals surface area contributed by atoms with Crippen LogP contribution in [0, 0.1) is 0 Å². The van der Waals surface area contributed by atoms with E-state index in [2.05, 4.69) is 26.8 Å². The Morgan fingerprint density at radius 2 is 2.05 bits per heavy atom. The topological polar surface area (TPSA) is 140 Å². The fourth-order valence-corrected chi connectivity index (χ4v) is 4.23. The largest absolute Gasteiger partial charge is 0.494 e. The van der Waals surface area contributed by atoms with Crippen molar-refractivity contribution in [1.29, 1.82) is 0 Å². The van der Waals surface area contributed by atoms with Gasteiger partial charge in [-0.05, 0) is 37.1 Å². The van der Waals surface area contributed by atoms with Crippen molar-refractivity contribution in [2.75, 3.05) is 30.5 Å². The Morgan fingerprint density at radius 1 is 1.26 bits per heavy atom. The van der Waals surface area contributed by atoms with Gasteiger partial charge in [-0.25, -0.2) is 4.98 Å². The molecule has 1 fully saturated rings. The molecule has 10 nitrogen and oxygen atoms in total. The lowest BCUT2D eigenvalue weighted by molar-refractivity contribution is -0.114. The molecule has 200 valence electrons. The summed E-state index contributed by atoms with van der Waals surface area (Å²) in [6, 6.07) is 12.7. The molecule has 0 unspecified atom stereocenters. The second kappa shape index (κ2) is 12.7. The quantitative estimate of drug-likeness (QED) is 0.320. The van der Waals surface area contributed by atoms with Crippen molar-refractivity contribution in [2.45, 2.75) is 32.7 Å². The molecule has 2 aromatic carbocycles. The predicted octanol–water partition coefficient (Wildman–Crippen LogP) is 4.01. The number of carbonyl (C=O) groups excluding carboxylic acids is 2. The molecular formula is C28H33N5O5. The van der Waals surface area contributed by atoms with Gasteiger partial charge in [0, 0.05) is 36.5 Å². The number of nitrogens with zero attached hydrogens (tertiary/aromatic N) is 3. The molecule has 4 rings (SSSR count). The van der Waals surface area contributed by atoms with E-state index in [1.54, 1.807) is 31.4 Å². The molecule has 4 N–H and O–H groups in total. The van der Waals surface area contributed by atoms with Gasteiger partial charge in [0.25, 0.3) is 5.91 Å². The molecule has 0 saturated carbocycles. The molecule has 0 aliphatic carbocycles. The van der Waals surface area contributed by atoms with E-state index in [4.69, 9.17) is 15.2 Å². The van der Waals surface area contributed by atoms with Gasteiger partial charge in [-0.1, -0.05) is 32.2 Å². The van der Waals surface area contributed by atoms with Crippen LogP contribution in [0.5, 0.6) is 17.4 Å². The van der Waals surface area contributed by atoms with Crippen molar-refractivity contribution >= 4 is 29.0 Å². The summed E-state index contributed by atoms with van der Waals surface area (Å²) in [5.41, 5.74) is 7.66. The lowest BCUT2D eigenvalue weighted by Crippen LogP contribution is -2.31. The number of ether oxygens (including phenoxy) is 2. The molecular weight excluding hydrogens is 486 g/mol. The highest BCUT2D eigenvalue weighted by Crippen LogP contribution is 2.35. The van der Waals surface area contributed by atoms with Crippen molar-refractivity contribution < 1.29 is 24.2 Å². The number of ketones is 1. The number of nitrogens with two attached hydrogens (primary N) is 1. The van der Waals surface area contributed by atoms with Crippen LogP contribution in [0.25, 0.3) is 0 Å². The molecule has 1 aliphatic rings. The van der Waals surface area contributed by atoms with E-state index in [0.29, 0.717) is 22.7 Å². The van der Waals surface area contributed by atoms with E-state index in [1.165, 1.54) is 12.3 Å². The minimum atomic E-state index is -0.757. The normalized spacial score (nSPS) is 14.4. The molecule has 0 radical (unpaired) electrons. The zero-order chi connectivity index (χ0) is 26.4. The molecule has 1 aromatic heterocycles. The number of primary amides is 1. The van der Waals surface area contributed by atoms with E-state index in [0.717, 1.165) is 25.1 Å². The number of benzene rings is 2. The summed E-state index contributed by atoms with van der Waals surface area (Å²) in [7, 11) is 1.56. The third-order valence-corrected chi connectivity index (χ3v) is 6.14. The van der Waals surface area contributed by atoms with Crippen LogP contribution in [0.15, 0.2) is 61.3 Å². The second-order valence-electron chi connectivity index (χ2n) is 8.52. The van der Waals surface area contributed by atoms with Gasteiger partial charge in [-0.3, -0.25) is 9.59 Å². The van der Waals surface area contributed by atoms with E-state index in [-0.39, 0.29) is 49.7 Å². The van der Waals surface area contributed by atoms with Crippen LogP contribution in [-0.4, -0.2) is 53.1 Å². The zero-order valence-corrected chi connectivity index (χ0v) is 20.5. The molecule has 0 bridgehead atoms. The van der Waals surface area contributed by atoms with Crippen LogP contribution in [0.4, 0.5) is 17.3 Å². The molecule has 10 heteroatoms. The Hall–Kier alpha value is -4.44. The highest BCUT2D eigenvalue weighted by Gasteiger charge is 2.25. The average Bonchev–Trinajstić information content (AvgIpc) is 3.39. The summed E-state index contributed by atoms with van der Waals surface area (Å²) >= 11 is 0. The van der Waals surface area contributed by atoms with Crippen molar-refractivity contribution in [3.05, 3.63) is 72.4 Å². The smallest absolute Gasteiger partial charge is 0.255 e. The van der Waals surface area contributed by atoms with Crippen molar-refractivity contribution in [3.8, 4) is 17.4 Å². The van der Waals surface area contributed by atoms with Crippen LogP contribution < -0.4 is 25.4 Å². The number of aliphatic hydroxyl groups is 1. The number of hydrogen-bond donors (Lipinski definition) is 3. The Morgan fingerprint density at radius 3 is 2.76 bits per heavy atom. The first-order chi connectivity index (χ1) is 17.9. The first-order valence-corrected chi connectivity index (χ1v) is 11.8. The summed E-state index contributed by atoms with van der Waals surface area (Å²) in [5, 5.41) is 12.8. The third-order valence-electron chi connectivity index (χ3n) is 6.14. The maximum Gasteiger partial charge on any atom is 0.255 e. The summed E-state index contributed by atoms with van der Waals surface area (Å²) in [6.45, 7) is 4.46. The number of carbonyl (C=O) groups is 2. The molecule has 1 amide bonds.